The number of hydrogen-bond donors (Lipinski definition) is 1. The van der Waals surface area contributed by atoms with Gasteiger partial charge < -0.3 is 5.32 Å². The van der Waals surface area contributed by atoms with Crippen LogP contribution in [0.25, 0.3) is 6.08 Å². The maximum atomic E-state index is 5.17. The molecule has 0 aliphatic heterocycles. The second-order valence-electron chi connectivity index (χ2n) is 8.11. The Morgan fingerprint density at radius 3 is 2.06 bits per heavy atom. The van der Waals surface area contributed by atoms with Crippen LogP contribution in [0.15, 0.2) is 120 Å². The van der Waals surface area contributed by atoms with E-state index in [-0.39, 0.29) is 0 Å². The van der Waals surface area contributed by atoms with E-state index in [2.05, 4.69) is 127 Å². The molecule has 1 N–H and O–H groups in total. The van der Waals surface area contributed by atoms with Crippen molar-refractivity contribution in [2.24, 2.45) is 4.99 Å². The third-order valence-electron chi connectivity index (χ3n) is 5.77. The van der Waals surface area contributed by atoms with E-state index in [4.69, 9.17) is 4.99 Å². The fraction of sp³-hybridized carbons (Fsp3) is 0.100. The molecule has 0 atom stereocenters. The zero-order valence-corrected chi connectivity index (χ0v) is 19.5. The Hall–Kier alpha value is -3.48. The van der Waals surface area contributed by atoms with E-state index in [0.29, 0.717) is 6.54 Å². The Balaban J connectivity index is 1.56. The van der Waals surface area contributed by atoms with Crippen LogP contribution in [-0.4, -0.2) is 5.58 Å². The molecule has 33 heavy (non-hydrogen) atoms. The van der Waals surface area contributed by atoms with Crippen LogP contribution in [0.5, 0.6) is 0 Å². The number of benzene rings is 4. The van der Waals surface area contributed by atoms with E-state index in [1.807, 2.05) is 0 Å². The molecule has 0 spiro atoms. The van der Waals surface area contributed by atoms with Crippen LogP contribution in [-0.2, 0) is 13.0 Å². The molecular formula is C30H27N2P. The highest BCUT2D eigenvalue weighted by Gasteiger charge is 2.21. The predicted octanol–water partition coefficient (Wildman–Crippen LogP) is 6.75. The molecule has 0 amide bonds. The first-order valence-corrected chi connectivity index (χ1v) is 12.8. The highest BCUT2D eigenvalue weighted by Crippen LogP contribution is 2.37. The second kappa shape index (κ2) is 10.4. The van der Waals surface area contributed by atoms with Gasteiger partial charge in [-0.3, -0.25) is 4.99 Å². The highest BCUT2D eigenvalue weighted by molar-refractivity contribution is 7.88. The molecular weight excluding hydrogens is 419 g/mol. The van der Waals surface area contributed by atoms with Gasteiger partial charge in [0.05, 0.1) is 6.54 Å². The second-order valence-corrected chi connectivity index (χ2v) is 10.2. The Bertz CT molecular complexity index is 1210. The van der Waals surface area contributed by atoms with Gasteiger partial charge in [-0.1, -0.05) is 109 Å². The van der Waals surface area contributed by atoms with Gasteiger partial charge in [0.25, 0.3) is 0 Å². The number of nitrogens with zero attached hydrogens (tertiary/aromatic N) is 1. The lowest BCUT2D eigenvalue weighted by Crippen LogP contribution is -2.24. The van der Waals surface area contributed by atoms with Crippen molar-refractivity contribution in [1.82, 2.24) is 0 Å². The van der Waals surface area contributed by atoms with Crippen molar-refractivity contribution >= 4 is 35.9 Å². The molecule has 0 radical (unpaired) electrons. The largest absolute Gasteiger partial charge is 0.340 e. The normalized spacial score (nSPS) is 13.1. The number of aliphatic imine (C=N–C) groups is 1. The standard InChI is InChI=1S/C30H27N2P/c1-4-12-24(13-5-1)23-31-30(32-27-21-20-25-14-10-11-15-26(25)22-27)33(28-16-6-2-7-17-28)29-18-8-3-9-19-29/h1-10,12-14,16-22H,11,15,23H2,(H,31,32). The molecule has 0 aromatic heterocycles. The molecule has 4 aromatic carbocycles. The number of allylic oxidation sites excluding steroid dienone is 1. The van der Waals surface area contributed by atoms with Gasteiger partial charge in [-0.15, -0.1) is 0 Å². The number of anilines is 1. The summed E-state index contributed by atoms with van der Waals surface area (Å²) in [6.45, 7) is 0.648. The maximum Gasteiger partial charge on any atom is 0.133 e. The van der Waals surface area contributed by atoms with Gasteiger partial charge in [0.2, 0.25) is 0 Å². The SMILES string of the molecule is C1=Cc2ccc(NC(=NCc3ccccc3)P(c3ccccc3)c3ccccc3)cc2CC1. The van der Waals surface area contributed by atoms with Crippen LogP contribution in [0, 0.1) is 0 Å². The Morgan fingerprint density at radius 1 is 0.758 bits per heavy atom. The van der Waals surface area contributed by atoms with Crippen molar-refractivity contribution in [3.05, 3.63) is 132 Å². The molecule has 5 rings (SSSR count). The lowest BCUT2D eigenvalue weighted by atomic mass is 9.97. The van der Waals surface area contributed by atoms with Gasteiger partial charge in [0.1, 0.15) is 5.58 Å². The topological polar surface area (TPSA) is 24.4 Å². The van der Waals surface area contributed by atoms with E-state index in [9.17, 15) is 0 Å². The minimum Gasteiger partial charge on any atom is -0.340 e. The minimum atomic E-state index is -0.821. The molecule has 0 heterocycles. The van der Waals surface area contributed by atoms with E-state index in [1.165, 1.54) is 27.3 Å². The minimum absolute atomic E-state index is 0.648. The summed E-state index contributed by atoms with van der Waals surface area (Å²) < 4.78 is 0. The van der Waals surface area contributed by atoms with Crippen LogP contribution in [0.2, 0.25) is 0 Å². The van der Waals surface area contributed by atoms with Gasteiger partial charge >= 0.3 is 0 Å². The third kappa shape index (κ3) is 5.30. The lowest BCUT2D eigenvalue weighted by Gasteiger charge is -2.23. The molecule has 162 valence electrons. The first-order chi connectivity index (χ1) is 16.4. The van der Waals surface area contributed by atoms with Crippen LogP contribution < -0.4 is 15.9 Å². The van der Waals surface area contributed by atoms with Crippen molar-refractivity contribution in [2.45, 2.75) is 19.4 Å². The summed E-state index contributed by atoms with van der Waals surface area (Å²) in [6, 6.07) is 38.7. The summed E-state index contributed by atoms with van der Waals surface area (Å²) in [5, 5.41) is 6.33. The number of nitrogens with one attached hydrogen (secondary N) is 1. The monoisotopic (exact) mass is 446 g/mol. The van der Waals surface area contributed by atoms with E-state index >= 15 is 0 Å². The Morgan fingerprint density at radius 2 is 1.39 bits per heavy atom. The van der Waals surface area contributed by atoms with Crippen molar-refractivity contribution in [2.75, 3.05) is 5.32 Å². The van der Waals surface area contributed by atoms with Gasteiger partial charge in [-0.25, -0.2) is 0 Å². The molecule has 0 saturated heterocycles. The molecule has 0 unspecified atom stereocenters. The maximum absolute atomic E-state index is 5.17. The fourth-order valence-corrected chi connectivity index (χ4v) is 6.29. The average Bonchev–Trinajstić information content (AvgIpc) is 2.89. The van der Waals surface area contributed by atoms with Gasteiger partial charge in [-0.05, 0) is 52.3 Å². The first kappa shape index (κ1) is 21.4. The molecule has 0 bridgehead atoms. The molecule has 0 fully saturated rings. The molecule has 1 aliphatic carbocycles. The smallest absolute Gasteiger partial charge is 0.133 e. The third-order valence-corrected chi connectivity index (χ3v) is 8.08. The van der Waals surface area contributed by atoms with Crippen molar-refractivity contribution < 1.29 is 0 Å². The zero-order chi connectivity index (χ0) is 22.3. The van der Waals surface area contributed by atoms with Crippen LogP contribution in [0.3, 0.4) is 0 Å². The average molecular weight is 447 g/mol. The number of fused-ring (bicyclic) bond motifs is 1. The summed E-state index contributed by atoms with van der Waals surface area (Å²) in [4.78, 5) is 5.17. The Kier molecular flexibility index (Phi) is 6.75. The zero-order valence-electron chi connectivity index (χ0n) is 18.6. The van der Waals surface area contributed by atoms with E-state index < -0.39 is 7.92 Å². The number of hydrogen-bond acceptors (Lipinski definition) is 1. The quantitative estimate of drug-likeness (QED) is 0.198. The summed E-state index contributed by atoms with van der Waals surface area (Å²) in [5.74, 6) is 0. The van der Waals surface area contributed by atoms with Gasteiger partial charge in [0, 0.05) is 13.6 Å². The highest BCUT2D eigenvalue weighted by atomic mass is 31.1. The summed E-state index contributed by atoms with van der Waals surface area (Å²) in [6.07, 6.45) is 6.68. The fourth-order valence-electron chi connectivity index (χ4n) is 4.10. The summed E-state index contributed by atoms with van der Waals surface area (Å²) in [7, 11) is -0.821. The molecule has 2 nitrogen and oxygen atoms in total. The number of rotatable bonds is 6. The molecule has 4 aromatic rings. The van der Waals surface area contributed by atoms with Crippen LogP contribution in [0.4, 0.5) is 5.69 Å². The molecule has 3 heteroatoms. The Labute approximate surface area is 197 Å². The van der Waals surface area contributed by atoms with E-state index in [1.54, 1.807) is 0 Å². The summed E-state index contributed by atoms with van der Waals surface area (Å²) >= 11 is 0. The number of aryl methyl sites for hydroxylation is 1. The van der Waals surface area contributed by atoms with Crippen LogP contribution >= 0.6 is 7.92 Å². The van der Waals surface area contributed by atoms with Crippen molar-refractivity contribution in [3.63, 3.8) is 0 Å². The van der Waals surface area contributed by atoms with Gasteiger partial charge in [-0.2, -0.15) is 0 Å². The predicted molar refractivity (Wildman–Crippen MR) is 144 cm³/mol. The molecule has 1 aliphatic rings. The molecule has 0 saturated carbocycles. The van der Waals surface area contributed by atoms with Crippen molar-refractivity contribution in [3.8, 4) is 0 Å². The lowest BCUT2D eigenvalue weighted by molar-refractivity contribution is 0.986. The van der Waals surface area contributed by atoms with E-state index in [0.717, 1.165) is 24.1 Å². The van der Waals surface area contributed by atoms with Crippen molar-refractivity contribution in [1.29, 1.82) is 0 Å². The van der Waals surface area contributed by atoms with Gasteiger partial charge in [0.15, 0.2) is 0 Å². The first-order valence-electron chi connectivity index (χ1n) is 11.4. The summed E-state index contributed by atoms with van der Waals surface area (Å²) in [5.41, 5.74) is 6.06. The number of amidine groups is 1. The van der Waals surface area contributed by atoms with Crippen LogP contribution in [0.1, 0.15) is 23.1 Å².